The van der Waals surface area contributed by atoms with Gasteiger partial charge in [-0.2, -0.15) is 0 Å². The van der Waals surface area contributed by atoms with Crippen molar-refractivity contribution in [2.24, 2.45) is 0 Å². The number of nitrogens with zero attached hydrogens (tertiary/aromatic N) is 1. The SMILES string of the molecule is CC(C)NC(=O)N[C@H]1C=C[C@@H](CC(=O)NCCCN(C)C)O[C@@H]1CO. The van der Waals surface area contributed by atoms with Crippen molar-refractivity contribution in [2.45, 2.75) is 51.0 Å². The molecule has 0 aliphatic carbocycles. The molecule has 0 fully saturated rings. The van der Waals surface area contributed by atoms with Gasteiger partial charge in [-0.05, 0) is 40.9 Å². The lowest BCUT2D eigenvalue weighted by Crippen LogP contribution is -2.52. The summed E-state index contributed by atoms with van der Waals surface area (Å²) in [5.41, 5.74) is 0. The molecular formula is C17H32N4O4. The zero-order valence-corrected chi connectivity index (χ0v) is 15.6. The molecule has 4 N–H and O–H groups in total. The predicted octanol–water partition coefficient (Wildman–Crippen LogP) is -0.163. The molecule has 0 radical (unpaired) electrons. The topological polar surface area (TPSA) is 103 Å². The normalized spacial score (nSPS) is 22.9. The number of carbonyl (C=O) groups excluding carboxylic acids is 2. The predicted molar refractivity (Wildman–Crippen MR) is 96.3 cm³/mol. The van der Waals surface area contributed by atoms with Gasteiger partial charge in [0.2, 0.25) is 5.91 Å². The van der Waals surface area contributed by atoms with E-state index in [4.69, 9.17) is 4.74 Å². The zero-order chi connectivity index (χ0) is 18.8. The van der Waals surface area contributed by atoms with Gasteiger partial charge in [0.1, 0.15) is 6.10 Å². The highest BCUT2D eigenvalue weighted by molar-refractivity contribution is 5.77. The fourth-order valence-corrected chi connectivity index (χ4v) is 2.47. The molecular weight excluding hydrogens is 324 g/mol. The first-order chi connectivity index (χ1) is 11.8. The molecule has 0 spiro atoms. The highest BCUT2D eigenvalue weighted by Crippen LogP contribution is 2.15. The summed E-state index contributed by atoms with van der Waals surface area (Å²) in [4.78, 5) is 25.8. The summed E-state index contributed by atoms with van der Waals surface area (Å²) in [7, 11) is 3.98. The third-order valence-corrected chi connectivity index (χ3v) is 3.67. The Balaban J connectivity index is 2.42. The van der Waals surface area contributed by atoms with Crippen LogP contribution in [0.4, 0.5) is 4.79 Å². The van der Waals surface area contributed by atoms with Crippen LogP contribution in [0.1, 0.15) is 26.7 Å². The van der Waals surface area contributed by atoms with Gasteiger partial charge in [-0.25, -0.2) is 4.79 Å². The van der Waals surface area contributed by atoms with Crippen molar-refractivity contribution in [3.63, 3.8) is 0 Å². The number of nitrogens with one attached hydrogen (secondary N) is 3. The second-order valence-electron chi connectivity index (χ2n) is 6.79. The lowest BCUT2D eigenvalue weighted by atomic mass is 10.0. The number of hydrogen-bond acceptors (Lipinski definition) is 5. The Bertz CT molecular complexity index is 454. The van der Waals surface area contributed by atoms with Crippen molar-refractivity contribution in [2.75, 3.05) is 33.8 Å². The van der Waals surface area contributed by atoms with Crippen molar-refractivity contribution in [3.05, 3.63) is 12.2 Å². The van der Waals surface area contributed by atoms with E-state index < -0.39 is 18.2 Å². The fraction of sp³-hybridized carbons (Fsp3) is 0.765. The highest BCUT2D eigenvalue weighted by Gasteiger charge is 2.29. The van der Waals surface area contributed by atoms with Gasteiger partial charge in [-0.1, -0.05) is 12.2 Å². The Morgan fingerprint density at radius 2 is 2.00 bits per heavy atom. The highest BCUT2D eigenvalue weighted by atomic mass is 16.5. The lowest BCUT2D eigenvalue weighted by Gasteiger charge is -2.31. The Morgan fingerprint density at radius 3 is 2.60 bits per heavy atom. The van der Waals surface area contributed by atoms with Crippen molar-refractivity contribution in [3.8, 4) is 0 Å². The second-order valence-corrected chi connectivity index (χ2v) is 6.79. The van der Waals surface area contributed by atoms with Gasteiger partial charge in [0.25, 0.3) is 0 Å². The molecule has 0 unspecified atom stereocenters. The van der Waals surface area contributed by atoms with E-state index in [1.807, 2.05) is 27.9 Å². The van der Waals surface area contributed by atoms with Crippen LogP contribution in [-0.2, 0) is 9.53 Å². The number of ether oxygens (including phenoxy) is 1. The molecule has 1 aliphatic heterocycles. The number of aliphatic hydroxyl groups excluding tert-OH is 1. The molecule has 1 rings (SSSR count). The maximum atomic E-state index is 12.0. The second kappa shape index (κ2) is 11.1. The standard InChI is InChI=1S/C17H32N4O4/c1-12(2)19-17(24)20-14-7-6-13(25-15(14)11-22)10-16(23)18-8-5-9-21(3)4/h6-7,12-15,22H,5,8-11H2,1-4H3,(H,18,23)(H2,19,20,24)/t13-,14-,15+/m0/s1. The Hall–Kier alpha value is -1.64. The minimum Gasteiger partial charge on any atom is -0.394 e. The van der Waals surface area contributed by atoms with Crippen LogP contribution in [-0.4, -0.2) is 80.0 Å². The first-order valence-corrected chi connectivity index (χ1v) is 8.75. The molecule has 0 aromatic carbocycles. The zero-order valence-electron chi connectivity index (χ0n) is 15.6. The van der Waals surface area contributed by atoms with Crippen LogP contribution in [0.15, 0.2) is 12.2 Å². The van der Waals surface area contributed by atoms with E-state index in [9.17, 15) is 14.7 Å². The summed E-state index contributed by atoms with van der Waals surface area (Å²) < 4.78 is 5.72. The molecule has 144 valence electrons. The van der Waals surface area contributed by atoms with Crippen LogP contribution < -0.4 is 16.0 Å². The van der Waals surface area contributed by atoms with Crippen LogP contribution in [0, 0.1) is 0 Å². The lowest BCUT2D eigenvalue weighted by molar-refractivity contribution is -0.125. The van der Waals surface area contributed by atoms with Crippen LogP contribution in [0.5, 0.6) is 0 Å². The average Bonchev–Trinajstić information content (AvgIpc) is 2.52. The van der Waals surface area contributed by atoms with Crippen molar-refractivity contribution in [1.82, 2.24) is 20.9 Å². The number of hydrogen-bond donors (Lipinski definition) is 4. The molecule has 0 aromatic heterocycles. The molecule has 0 saturated heterocycles. The average molecular weight is 356 g/mol. The quantitative estimate of drug-likeness (QED) is 0.339. The number of carbonyl (C=O) groups is 2. The molecule has 1 heterocycles. The van der Waals surface area contributed by atoms with Crippen LogP contribution in [0.2, 0.25) is 0 Å². The first-order valence-electron chi connectivity index (χ1n) is 8.75. The molecule has 8 nitrogen and oxygen atoms in total. The minimum absolute atomic E-state index is 0.0185. The monoisotopic (exact) mass is 356 g/mol. The van der Waals surface area contributed by atoms with Gasteiger partial charge in [0.05, 0.1) is 25.2 Å². The Kier molecular flexibility index (Phi) is 9.48. The summed E-state index contributed by atoms with van der Waals surface area (Å²) in [6.45, 7) is 5.03. The van der Waals surface area contributed by atoms with Crippen molar-refractivity contribution < 1.29 is 19.4 Å². The summed E-state index contributed by atoms with van der Waals surface area (Å²) >= 11 is 0. The fourth-order valence-electron chi connectivity index (χ4n) is 2.47. The summed E-state index contributed by atoms with van der Waals surface area (Å²) in [5.74, 6) is -0.0888. The van der Waals surface area contributed by atoms with Crippen LogP contribution in [0.25, 0.3) is 0 Å². The number of rotatable bonds is 9. The maximum absolute atomic E-state index is 12.0. The van der Waals surface area contributed by atoms with Gasteiger partial charge in [-0.3, -0.25) is 4.79 Å². The van der Waals surface area contributed by atoms with Crippen LogP contribution in [0.3, 0.4) is 0 Å². The van der Waals surface area contributed by atoms with Crippen molar-refractivity contribution in [1.29, 1.82) is 0 Å². The first kappa shape index (κ1) is 21.4. The smallest absolute Gasteiger partial charge is 0.315 e. The molecule has 0 bridgehead atoms. The van der Waals surface area contributed by atoms with Gasteiger partial charge >= 0.3 is 6.03 Å². The van der Waals surface area contributed by atoms with Gasteiger partial charge in [0, 0.05) is 12.6 Å². The molecule has 25 heavy (non-hydrogen) atoms. The van der Waals surface area contributed by atoms with E-state index in [-0.39, 0.29) is 31.0 Å². The van der Waals surface area contributed by atoms with E-state index >= 15 is 0 Å². The van der Waals surface area contributed by atoms with E-state index in [2.05, 4.69) is 20.9 Å². The molecule has 8 heteroatoms. The van der Waals surface area contributed by atoms with Gasteiger partial charge in [0.15, 0.2) is 0 Å². The summed E-state index contributed by atoms with van der Waals surface area (Å²) in [6.07, 6.45) is 3.63. The van der Waals surface area contributed by atoms with E-state index in [1.165, 1.54) is 0 Å². The third-order valence-electron chi connectivity index (χ3n) is 3.67. The van der Waals surface area contributed by atoms with E-state index in [0.29, 0.717) is 6.54 Å². The number of amides is 3. The Labute approximate surface area is 150 Å². The maximum Gasteiger partial charge on any atom is 0.315 e. The molecule has 1 aliphatic rings. The third kappa shape index (κ3) is 8.85. The molecule has 3 amide bonds. The molecule has 0 saturated carbocycles. The van der Waals surface area contributed by atoms with Crippen molar-refractivity contribution >= 4 is 11.9 Å². The van der Waals surface area contributed by atoms with Gasteiger partial charge in [-0.15, -0.1) is 0 Å². The van der Waals surface area contributed by atoms with E-state index in [0.717, 1.165) is 13.0 Å². The number of urea groups is 1. The largest absolute Gasteiger partial charge is 0.394 e. The molecule has 0 aromatic rings. The van der Waals surface area contributed by atoms with E-state index in [1.54, 1.807) is 12.2 Å². The summed E-state index contributed by atoms with van der Waals surface area (Å²) in [5, 5.41) is 17.8. The van der Waals surface area contributed by atoms with Crippen LogP contribution >= 0.6 is 0 Å². The Morgan fingerprint density at radius 1 is 1.28 bits per heavy atom. The van der Waals surface area contributed by atoms with Gasteiger partial charge < -0.3 is 30.7 Å². The summed E-state index contributed by atoms with van der Waals surface area (Å²) in [6, 6.07) is -0.725. The minimum atomic E-state index is -0.575. The molecule has 3 atom stereocenters. The number of aliphatic hydroxyl groups is 1.